The topological polar surface area (TPSA) is 35.5 Å². The van der Waals surface area contributed by atoms with Gasteiger partial charge in [-0.3, -0.25) is 9.05 Å². The predicted octanol–water partition coefficient (Wildman–Crippen LogP) is 1.68. The quantitative estimate of drug-likeness (QED) is 0.506. The van der Waals surface area contributed by atoms with Crippen molar-refractivity contribution in [2.45, 2.75) is 6.36 Å². The monoisotopic (exact) mass is 160 g/mol. The van der Waals surface area contributed by atoms with Gasteiger partial charge in [-0.25, -0.2) is 8.96 Å². The second kappa shape index (κ2) is 1.95. The molecule has 0 saturated carbocycles. The molecule has 0 amide bonds. The van der Waals surface area contributed by atoms with Gasteiger partial charge in [0, 0.05) is 11.2 Å². The van der Waals surface area contributed by atoms with E-state index < -0.39 is 13.3 Å². The zero-order chi connectivity index (χ0) is 6.20. The molecule has 0 bridgehead atoms. The van der Waals surface area contributed by atoms with Crippen LogP contribution < -0.4 is 0 Å². The second-order valence-electron chi connectivity index (χ2n) is 1.24. The largest absolute Gasteiger partial charge is 0.427 e. The standard InChI is InChI=1S/C2H3ClFO3P/c3-8(5)6-1-2(4)7-8/h2H,1H2. The molecular formula is C2H3ClFO3P. The molecule has 0 aliphatic carbocycles. The fraction of sp³-hybridized carbons (Fsp3) is 1.00. The van der Waals surface area contributed by atoms with Gasteiger partial charge in [0.1, 0.15) is 6.61 Å². The van der Waals surface area contributed by atoms with Crippen molar-refractivity contribution in [3.8, 4) is 0 Å². The Morgan fingerprint density at radius 3 is 2.62 bits per heavy atom. The van der Waals surface area contributed by atoms with Crippen LogP contribution in [-0.2, 0) is 13.6 Å². The first kappa shape index (κ1) is 6.49. The van der Waals surface area contributed by atoms with Gasteiger partial charge >= 0.3 is 6.95 Å². The van der Waals surface area contributed by atoms with E-state index in [4.69, 9.17) is 11.2 Å². The Hall–Kier alpha value is 0.370. The van der Waals surface area contributed by atoms with Crippen molar-refractivity contribution in [2.75, 3.05) is 6.61 Å². The zero-order valence-electron chi connectivity index (χ0n) is 3.71. The molecule has 3 nitrogen and oxygen atoms in total. The van der Waals surface area contributed by atoms with Gasteiger partial charge in [0.15, 0.2) is 0 Å². The molecule has 2 unspecified atom stereocenters. The fourth-order valence-corrected chi connectivity index (χ4v) is 1.46. The first-order valence-corrected chi connectivity index (χ1v) is 4.32. The van der Waals surface area contributed by atoms with Crippen LogP contribution in [0.2, 0.25) is 0 Å². The smallest absolute Gasteiger partial charge is 0.291 e. The molecule has 48 valence electrons. The molecular weight excluding hydrogens is 157 g/mol. The van der Waals surface area contributed by atoms with Gasteiger partial charge in [0.2, 0.25) is 6.36 Å². The number of hydrogen-bond acceptors (Lipinski definition) is 3. The normalized spacial score (nSPS) is 47.5. The maximum atomic E-state index is 11.8. The maximum Gasteiger partial charge on any atom is 0.427 e. The van der Waals surface area contributed by atoms with Crippen molar-refractivity contribution < 1.29 is 18.0 Å². The van der Waals surface area contributed by atoms with E-state index in [0.29, 0.717) is 0 Å². The average molecular weight is 160 g/mol. The van der Waals surface area contributed by atoms with Crippen LogP contribution in [0.4, 0.5) is 4.39 Å². The van der Waals surface area contributed by atoms with Crippen molar-refractivity contribution in [3.63, 3.8) is 0 Å². The highest BCUT2D eigenvalue weighted by atomic mass is 35.7. The number of alkyl halides is 1. The third kappa shape index (κ3) is 1.42. The van der Waals surface area contributed by atoms with Crippen molar-refractivity contribution in [1.82, 2.24) is 0 Å². The van der Waals surface area contributed by atoms with Crippen molar-refractivity contribution in [2.24, 2.45) is 0 Å². The summed E-state index contributed by atoms with van der Waals surface area (Å²) < 4.78 is 30.3. The molecule has 0 aromatic carbocycles. The summed E-state index contributed by atoms with van der Waals surface area (Å²) in [6.07, 6.45) is -1.63. The summed E-state index contributed by atoms with van der Waals surface area (Å²) in [6, 6.07) is 0. The first-order valence-electron chi connectivity index (χ1n) is 1.87. The average Bonchev–Trinajstić information content (AvgIpc) is 1.82. The van der Waals surface area contributed by atoms with Crippen LogP contribution in [0.3, 0.4) is 0 Å². The van der Waals surface area contributed by atoms with E-state index in [-0.39, 0.29) is 6.61 Å². The third-order valence-corrected chi connectivity index (χ3v) is 2.07. The molecule has 2 atom stereocenters. The van der Waals surface area contributed by atoms with Gasteiger partial charge in [-0.1, -0.05) is 0 Å². The highest BCUT2D eigenvalue weighted by Gasteiger charge is 2.34. The number of rotatable bonds is 0. The van der Waals surface area contributed by atoms with Crippen LogP contribution in [0.15, 0.2) is 0 Å². The van der Waals surface area contributed by atoms with Crippen LogP contribution in [0.5, 0.6) is 0 Å². The van der Waals surface area contributed by atoms with E-state index in [1.165, 1.54) is 0 Å². The molecule has 0 spiro atoms. The highest BCUT2D eigenvalue weighted by Crippen LogP contribution is 2.58. The minimum Gasteiger partial charge on any atom is -0.291 e. The lowest BCUT2D eigenvalue weighted by Gasteiger charge is -1.94. The Morgan fingerprint density at radius 2 is 2.50 bits per heavy atom. The summed E-state index contributed by atoms with van der Waals surface area (Å²) >= 11 is 4.93. The Bertz CT molecular complexity index is 139. The number of halogens is 2. The van der Waals surface area contributed by atoms with Crippen LogP contribution in [0.25, 0.3) is 0 Å². The van der Waals surface area contributed by atoms with Gasteiger partial charge in [0.05, 0.1) is 0 Å². The summed E-state index contributed by atoms with van der Waals surface area (Å²) in [5, 5.41) is 0. The van der Waals surface area contributed by atoms with Gasteiger partial charge in [-0.15, -0.1) is 0 Å². The Balaban J connectivity index is 2.57. The minimum atomic E-state index is -3.50. The van der Waals surface area contributed by atoms with E-state index >= 15 is 0 Å². The zero-order valence-corrected chi connectivity index (χ0v) is 5.36. The van der Waals surface area contributed by atoms with E-state index in [2.05, 4.69) is 9.05 Å². The van der Waals surface area contributed by atoms with Crippen molar-refractivity contribution in [1.29, 1.82) is 0 Å². The van der Waals surface area contributed by atoms with Crippen LogP contribution in [-0.4, -0.2) is 13.0 Å². The summed E-state index contributed by atoms with van der Waals surface area (Å²) in [5.41, 5.74) is 0. The van der Waals surface area contributed by atoms with E-state index in [9.17, 15) is 8.96 Å². The molecule has 1 aliphatic rings. The molecule has 0 radical (unpaired) electrons. The lowest BCUT2D eigenvalue weighted by Crippen LogP contribution is -1.97. The summed E-state index contributed by atoms with van der Waals surface area (Å²) in [7, 11) is 0. The Labute approximate surface area is 50.0 Å². The van der Waals surface area contributed by atoms with Crippen molar-refractivity contribution >= 4 is 18.2 Å². The van der Waals surface area contributed by atoms with Gasteiger partial charge in [-0.05, 0) is 0 Å². The molecule has 0 N–H and O–H groups in total. The van der Waals surface area contributed by atoms with E-state index in [1.54, 1.807) is 0 Å². The predicted molar refractivity (Wildman–Crippen MR) is 25.4 cm³/mol. The second-order valence-corrected chi connectivity index (χ2v) is 3.81. The van der Waals surface area contributed by atoms with Gasteiger partial charge in [0.25, 0.3) is 0 Å². The maximum absolute atomic E-state index is 11.8. The molecule has 6 heteroatoms. The molecule has 0 aromatic rings. The summed E-state index contributed by atoms with van der Waals surface area (Å²) in [4.78, 5) is 0. The highest BCUT2D eigenvalue weighted by molar-refractivity contribution is 7.81. The number of hydrogen-bond donors (Lipinski definition) is 0. The first-order chi connectivity index (χ1) is 3.60. The SMILES string of the molecule is O=P1(Cl)OCC(F)O1. The lowest BCUT2D eigenvalue weighted by atomic mass is 10.8. The summed E-state index contributed by atoms with van der Waals surface area (Å²) in [5.74, 6) is 0. The third-order valence-electron chi connectivity index (χ3n) is 0.600. The van der Waals surface area contributed by atoms with Crippen LogP contribution in [0, 0.1) is 0 Å². The van der Waals surface area contributed by atoms with Crippen LogP contribution >= 0.6 is 18.2 Å². The van der Waals surface area contributed by atoms with E-state index in [1.807, 2.05) is 0 Å². The summed E-state index contributed by atoms with van der Waals surface area (Å²) in [6.45, 7) is -3.83. The Morgan fingerprint density at radius 1 is 1.88 bits per heavy atom. The van der Waals surface area contributed by atoms with Crippen LogP contribution in [0.1, 0.15) is 0 Å². The molecule has 1 aliphatic heterocycles. The van der Waals surface area contributed by atoms with E-state index in [0.717, 1.165) is 0 Å². The lowest BCUT2D eigenvalue weighted by molar-refractivity contribution is 0.0912. The molecule has 1 rings (SSSR count). The molecule has 8 heavy (non-hydrogen) atoms. The minimum absolute atomic E-state index is 0.333. The van der Waals surface area contributed by atoms with Crippen molar-refractivity contribution in [3.05, 3.63) is 0 Å². The van der Waals surface area contributed by atoms with Gasteiger partial charge in [-0.2, -0.15) is 0 Å². The molecule has 0 aromatic heterocycles. The molecule has 1 fully saturated rings. The van der Waals surface area contributed by atoms with Gasteiger partial charge < -0.3 is 0 Å². The fourth-order valence-electron chi connectivity index (χ4n) is 0.345. The molecule has 1 saturated heterocycles. The molecule has 1 heterocycles. The Kier molecular flexibility index (Phi) is 1.59.